The Morgan fingerprint density at radius 2 is 1.72 bits per heavy atom. The van der Waals surface area contributed by atoms with Gasteiger partial charge in [-0.1, -0.05) is 35.4 Å². The summed E-state index contributed by atoms with van der Waals surface area (Å²) < 4.78 is 1.35. The minimum atomic E-state index is -0.218. The molecule has 148 valence electrons. The van der Waals surface area contributed by atoms with Crippen molar-refractivity contribution in [1.29, 1.82) is 0 Å². The maximum atomic E-state index is 12.7. The average molecular weight is 409 g/mol. The first-order valence-corrected chi connectivity index (χ1v) is 9.86. The van der Waals surface area contributed by atoms with Crippen LogP contribution in [0.1, 0.15) is 15.9 Å². The van der Waals surface area contributed by atoms with Crippen LogP contribution in [0.25, 0.3) is 5.69 Å². The molecule has 1 aliphatic rings. The molecule has 0 atom stereocenters. The fraction of sp³-hybridized carbons (Fsp3) is 0.227. The number of aryl methyl sites for hydroxylation is 1. The first-order chi connectivity index (χ1) is 14.0. The second-order valence-corrected chi connectivity index (χ2v) is 7.51. The number of nitrogens with zero attached hydrogens (tertiary/aromatic N) is 4. The van der Waals surface area contributed by atoms with Crippen molar-refractivity contribution in [3.05, 3.63) is 87.2 Å². The van der Waals surface area contributed by atoms with Gasteiger partial charge in [0, 0.05) is 42.8 Å². The third-order valence-corrected chi connectivity index (χ3v) is 5.23. The molecule has 0 unspecified atom stereocenters. The molecule has 1 aliphatic heterocycles. The minimum absolute atomic E-state index is 0.0465. The van der Waals surface area contributed by atoms with E-state index in [9.17, 15) is 9.59 Å². The summed E-state index contributed by atoms with van der Waals surface area (Å²) in [5.41, 5.74) is 2.19. The van der Waals surface area contributed by atoms with E-state index < -0.39 is 0 Å². The van der Waals surface area contributed by atoms with Crippen molar-refractivity contribution in [2.45, 2.75) is 6.92 Å². The molecule has 7 heteroatoms. The number of hydrogen-bond donors (Lipinski definition) is 0. The van der Waals surface area contributed by atoms with Gasteiger partial charge in [0.2, 0.25) is 0 Å². The number of piperazine rings is 1. The van der Waals surface area contributed by atoms with Gasteiger partial charge in [-0.15, -0.1) is 5.10 Å². The molecule has 3 aromatic rings. The summed E-state index contributed by atoms with van der Waals surface area (Å²) in [6.07, 6.45) is 0. The van der Waals surface area contributed by atoms with Crippen molar-refractivity contribution < 1.29 is 4.79 Å². The van der Waals surface area contributed by atoms with Gasteiger partial charge in [-0.3, -0.25) is 9.59 Å². The summed E-state index contributed by atoms with van der Waals surface area (Å²) >= 11 is 6.05. The van der Waals surface area contributed by atoms with E-state index in [1.807, 2.05) is 36.1 Å². The summed E-state index contributed by atoms with van der Waals surface area (Å²) in [6.45, 7) is 4.49. The lowest BCUT2D eigenvalue weighted by Gasteiger charge is -2.35. The van der Waals surface area contributed by atoms with E-state index in [1.165, 1.54) is 10.7 Å². The SMILES string of the molecule is Cc1cccc(C(=O)N2CCN(c3ccc(=O)n(-c4cccc(Cl)c4)n3)CC2)c1. The van der Waals surface area contributed by atoms with Crippen LogP contribution in [0.2, 0.25) is 5.02 Å². The van der Waals surface area contributed by atoms with Crippen LogP contribution in [-0.2, 0) is 0 Å². The number of anilines is 1. The monoisotopic (exact) mass is 408 g/mol. The number of hydrogen-bond acceptors (Lipinski definition) is 4. The van der Waals surface area contributed by atoms with Gasteiger partial charge in [-0.05, 0) is 43.3 Å². The normalized spacial score (nSPS) is 14.1. The average Bonchev–Trinajstić information content (AvgIpc) is 2.74. The Hall–Kier alpha value is -3.12. The van der Waals surface area contributed by atoms with E-state index in [4.69, 9.17) is 11.6 Å². The fourth-order valence-corrected chi connectivity index (χ4v) is 3.65. The molecule has 0 saturated carbocycles. The number of halogens is 1. The number of benzene rings is 2. The van der Waals surface area contributed by atoms with Crippen LogP contribution >= 0.6 is 11.6 Å². The highest BCUT2D eigenvalue weighted by atomic mass is 35.5. The molecule has 2 aromatic carbocycles. The Kier molecular flexibility index (Phi) is 5.36. The van der Waals surface area contributed by atoms with Crippen molar-refractivity contribution >= 4 is 23.3 Å². The smallest absolute Gasteiger partial charge is 0.271 e. The zero-order valence-electron chi connectivity index (χ0n) is 16.1. The zero-order chi connectivity index (χ0) is 20.4. The van der Waals surface area contributed by atoms with Crippen LogP contribution in [-0.4, -0.2) is 46.8 Å². The number of carbonyl (C=O) groups is 1. The third kappa shape index (κ3) is 4.17. The van der Waals surface area contributed by atoms with Gasteiger partial charge in [0.1, 0.15) is 5.82 Å². The summed E-state index contributed by atoms with van der Waals surface area (Å²) in [4.78, 5) is 29.0. The van der Waals surface area contributed by atoms with E-state index >= 15 is 0 Å². The second-order valence-electron chi connectivity index (χ2n) is 7.07. The summed E-state index contributed by atoms with van der Waals surface area (Å²) in [5.74, 6) is 0.748. The zero-order valence-corrected chi connectivity index (χ0v) is 16.8. The number of rotatable bonds is 3. The van der Waals surface area contributed by atoms with Crippen molar-refractivity contribution in [3.8, 4) is 5.69 Å². The highest BCUT2D eigenvalue weighted by Gasteiger charge is 2.23. The molecule has 0 radical (unpaired) electrons. The number of amides is 1. The number of carbonyl (C=O) groups excluding carboxylic acids is 1. The Morgan fingerprint density at radius 3 is 2.45 bits per heavy atom. The Labute approximate surface area is 173 Å². The van der Waals surface area contributed by atoms with Gasteiger partial charge in [0.05, 0.1) is 5.69 Å². The molecule has 1 amide bonds. The topological polar surface area (TPSA) is 58.4 Å². The lowest BCUT2D eigenvalue weighted by molar-refractivity contribution is 0.0746. The second kappa shape index (κ2) is 8.09. The molecule has 29 heavy (non-hydrogen) atoms. The van der Waals surface area contributed by atoms with E-state index in [0.29, 0.717) is 48.3 Å². The molecule has 0 bridgehead atoms. The van der Waals surface area contributed by atoms with Crippen LogP contribution in [0.15, 0.2) is 65.5 Å². The molecule has 0 N–H and O–H groups in total. The lowest BCUT2D eigenvalue weighted by atomic mass is 10.1. The molecule has 2 heterocycles. The first-order valence-electron chi connectivity index (χ1n) is 9.48. The molecule has 1 fully saturated rings. The Balaban J connectivity index is 1.50. The van der Waals surface area contributed by atoms with Gasteiger partial charge >= 0.3 is 0 Å². The van der Waals surface area contributed by atoms with Crippen LogP contribution in [0.4, 0.5) is 5.82 Å². The van der Waals surface area contributed by atoms with Gasteiger partial charge in [-0.25, -0.2) is 0 Å². The van der Waals surface area contributed by atoms with Crippen molar-refractivity contribution in [2.75, 3.05) is 31.1 Å². The fourth-order valence-electron chi connectivity index (χ4n) is 3.46. The highest BCUT2D eigenvalue weighted by Crippen LogP contribution is 2.17. The van der Waals surface area contributed by atoms with Crippen molar-refractivity contribution in [1.82, 2.24) is 14.7 Å². The quantitative estimate of drug-likeness (QED) is 0.668. The molecular weight excluding hydrogens is 388 g/mol. The summed E-state index contributed by atoms with van der Waals surface area (Å²) in [5, 5.41) is 5.06. The third-order valence-electron chi connectivity index (χ3n) is 4.99. The molecule has 1 aromatic heterocycles. The van der Waals surface area contributed by atoms with Gasteiger partial charge in [0.25, 0.3) is 11.5 Å². The molecule has 6 nitrogen and oxygen atoms in total. The van der Waals surface area contributed by atoms with E-state index in [0.717, 1.165) is 5.56 Å². The maximum absolute atomic E-state index is 12.7. The van der Waals surface area contributed by atoms with Crippen LogP contribution < -0.4 is 10.5 Å². The maximum Gasteiger partial charge on any atom is 0.271 e. The van der Waals surface area contributed by atoms with E-state index in [-0.39, 0.29) is 11.5 Å². The van der Waals surface area contributed by atoms with Gasteiger partial charge in [-0.2, -0.15) is 4.68 Å². The molecular formula is C22H21ClN4O2. The van der Waals surface area contributed by atoms with Gasteiger partial charge in [0.15, 0.2) is 0 Å². The standard InChI is InChI=1S/C22H21ClN4O2/c1-16-4-2-5-17(14-16)22(29)26-12-10-25(11-13-26)20-8-9-21(28)27(24-20)19-7-3-6-18(23)15-19/h2-9,14-15H,10-13H2,1H3. The predicted octanol–water partition coefficient (Wildman–Crippen LogP) is 3.16. The Morgan fingerprint density at radius 1 is 0.966 bits per heavy atom. The predicted molar refractivity (Wildman–Crippen MR) is 114 cm³/mol. The molecule has 0 spiro atoms. The summed E-state index contributed by atoms with van der Waals surface area (Å²) in [7, 11) is 0. The number of aromatic nitrogens is 2. The largest absolute Gasteiger partial charge is 0.352 e. The van der Waals surface area contributed by atoms with Crippen molar-refractivity contribution in [2.24, 2.45) is 0 Å². The molecule has 0 aliphatic carbocycles. The first kappa shape index (κ1) is 19.2. The van der Waals surface area contributed by atoms with Crippen molar-refractivity contribution in [3.63, 3.8) is 0 Å². The van der Waals surface area contributed by atoms with Crippen LogP contribution in [0.5, 0.6) is 0 Å². The van der Waals surface area contributed by atoms with Gasteiger partial charge < -0.3 is 9.80 Å². The van der Waals surface area contributed by atoms with Crippen LogP contribution in [0, 0.1) is 6.92 Å². The van der Waals surface area contributed by atoms with E-state index in [1.54, 1.807) is 30.3 Å². The lowest BCUT2D eigenvalue weighted by Crippen LogP contribution is -2.49. The molecule has 1 saturated heterocycles. The summed E-state index contributed by atoms with van der Waals surface area (Å²) in [6, 6.07) is 17.9. The highest BCUT2D eigenvalue weighted by molar-refractivity contribution is 6.30. The Bertz CT molecular complexity index is 1100. The minimum Gasteiger partial charge on any atom is -0.352 e. The van der Waals surface area contributed by atoms with E-state index in [2.05, 4.69) is 10.00 Å². The van der Waals surface area contributed by atoms with Crippen LogP contribution in [0.3, 0.4) is 0 Å². The molecule has 4 rings (SSSR count).